The predicted molar refractivity (Wildman–Crippen MR) is 77.3 cm³/mol. The van der Waals surface area contributed by atoms with Gasteiger partial charge in [-0.3, -0.25) is 9.69 Å². The number of amides is 1. The molecule has 0 aromatic heterocycles. The van der Waals surface area contributed by atoms with Gasteiger partial charge in [0.2, 0.25) is 0 Å². The van der Waals surface area contributed by atoms with Crippen LogP contribution in [-0.4, -0.2) is 42.6 Å². The molecule has 5 heteroatoms. The summed E-state index contributed by atoms with van der Waals surface area (Å²) in [7, 11) is 0. The third kappa shape index (κ3) is 3.81. The molecule has 1 heterocycles. The second-order valence-corrected chi connectivity index (χ2v) is 5.69. The maximum Gasteiger partial charge on any atom is 0.250 e. The summed E-state index contributed by atoms with van der Waals surface area (Å²) in [6, 6.07) is 10.1. The summed E-state index contributed by atoms with van der Waals surface area (Å²) in [6.07, 6.45) is 1.80. The Morgan fingerprint density at radius 2 is 2.33 bits per heavy atom. The van der Waals surface area contributed by atoms with E-state index in [0.29, 0.717) is 24.8 Å². The van der Waals surface area contributed by atoms with Crippen LogP contribution in [0.25, 0.3) is 0 Å². The highest BCUT2D eigenvalue weighted by Gasteiger charge is 2.31. The Balaban J connectivity index is 1.57. The Kier molecular flexibility index (Phi) is 4.18. The summed E-state index contributed by atoms with van der Waals surface area (Å²) in [5.41, 5.74) is 1.76. The molecule has 1 saturated heterocycles. The molecule has 2 fully saturated rings. The van der Waals surface area contributed by atoms with Crippen molar-refractivity contribution in [3.05, 3.63) is 35.4 Å². The van der Waals surface area contributed by atoms with Crippen LogP contribution in [-0.2, 0) is 16.1 Å². The van der Waals surface area contributed by atoms with E-state index >= 15 is 0 Å². The number of hydrogen-bond acceptors (Lipinski definition) is 4. The molecule has 1 amide bonds. The Labute approximate surface area is 124 Å². The summed E-state index contributed by atoms with van der Waals surface area (Å²) in [4.78, 5) is 14.2. The van der Waals surface area contributed by atoms with Gasteiger partial charge in [-0.2, -0.15) is 5.26 Å². The van der Waals surface area contributed by atoms with Gasteiger partial charge in [0.05, 0.1) is 18.2 Å². The molecule has 1 saturated carbocycles. The first kappa shape index (κ1) is 14.1. The Bertz CT molecular complexity index is 563. The van der Waals surface area contributed by atoms with E-state index in [1.165, 1.54) is 0 Å². The predicted octanol–water partition coefficient (Wildman–Crippen LogP) is 1.04. The Hall–Kier alpha value is -1.90. The highest BCUT2D eigenvalue weighted by molar-refractivity contribution is 5.81. The van der Waals surface area contributed by atoms with Crippen LogP contribution in [0, 0.1) is 11.3 Å². The van der Waals surface area contributed by atoms with Gasteiger partial charge in [-0.15, -0.1) is 0 Å². The first-order chi connectivity index (χ1) is 10.2. The van der Waals surface area contributed by atoms with E-state index in [1.54, 1.807) is 6.07 Å². The topological polar surface area (TPSA) is 65.4 Å². The van der Waals surface area contributed by atoms with Crippen molar-refractivity contribution in [2.24, 2.45) is 0 Å². The lowest BCUT2D eigenvalue weighted by Crippen LogP contribution is -2.49. The third-order valence-corrected chi connectivity index (χ3v) is 3.83. The molecule has 110 valence electrons. The number of morpholine rings is 1. The number of nitrogens with zero attached hydrogens (tertiary/aromatic N) is 2. The van der Waals surface area contributed by atoms with Gasteiger partial charge in [0.25, 0.3) is 5.91 Å². The minimum absolute atomic E-state index is 0.00738. The molecule has 2 aliphatic rings. The van der Waals surface area contributed by atoms with Crippen molar-refractivity contribution < 1.29 is 9.53 Å². The van der Waals surface area contributed by atoms with Crippen molar-refractivity contribution in [3.8, 4) is 6.07 Å². The van der Waals surface area contributed by atoms with E-state index in [2.05, 4.69) is 16.3 Å². The smallest absolute Gasteiger partial charge is 0.250 e. The van der Waals surface area contributed by atoms with Gasteiger partial charge in [-0.05, 0) is 30.5 Å². The molecule has 1 aliphatic heterocycles. The van der Waals surface area contributed by atoms with E-state index < -0.39 is 0 Å². The summed E-state index contributed by atoms with van der Waals surface area (Å²) in [6.45, 7) is 2.73. The van der Waals surface area contributed by atoms with Crippen LogP contribution in [0.15, 0.2) is 24.3 Å². The highest BCUT2D eigenvalue weighted by atomic mass is 16.5. The molecule has 3 rings (SSSR count). The molecule has 0 radical (unpaired) electrons. The van der Waals surface area contributed by atoms with Crippen LogP contribution in [0.1, 0.15) is 24.0 Å². The lowest BCUT2D eigenvalue weighted by Gasteiger charge is -2.32. The van der Waals surface area contributed by atoms with Crippen molar-refractivity contribution >= 4 is 5.91 Å². The Morgan fingerprint density at radius 1 is 1.48 bits per heavy atom. The molecule has 5 nitrogen and oxygen atoms in total. The zero-order chi connectivity index (χ0) is 14.7. The van der Waals surface area contributed by atoms with Gasteiger partial charge in [-0.1, -0.05) is 12.1 Å². The third-order valence-electron chi connectivity index (χ3n) is 3.83. The Morgan fingerprint density at radius 3 is 3.10 bits per heavy atom. The van der Waals surface area contributed by atoms with Crippen molar-refractivity contribution in [1.82, 2.24) is 10.2 Å². The van der Waals surface area contributed by atoms with Gasteiger partial charge in [0, 0.05) is 25.7 Å². The van der Waals surface area contributed by atoms with Crippen molar-refractivity contribution in [2.45, 2.75) is 31.5 Å². The lowest BCUT2D eigenvalue weighted by atomic mass is 10.1. The van der Waals surface area contributed by atoms with E-state index in [4.69, 9.17) is 10.00 Å². The number of rotatable bonds is 4. The van der Waals surface area contributed by atoms with Gasteiger partial charge < -0.3 is 10.1 Å². The fourth-order valence-electron chi connectivity index (χ4n) is 2.52. The number of carbonyl (C=O) groups excluding carboxylic acids is 1. The zero-order valence-electron chi connectivity index (χ0n) is 11.9. The van der Waals surface area contributed by atoms with Crippen LogP contribution in [0.2, 0.25) is 0 Å². The second kappa shape index (κ2) is 6.25. The molecule has 0 spiro atoms. The molecule has 1 N–H and O–H groups in total. The van der Waals surface area contributed by atoms with E-state index in [-0.39, 0.29) is 12.0 Å². The quantitative estimate of drug-likeness (QED) is 0.897. The fraction of sp³-hybridized carbons (Fsp3) is 0.500. The molecule has 1 unspecified atom stereocenters. The number of ether oxygens (including phenoxy) is 1. The van der Waals surface area contributed by atoms with E-state index in [1.807, 2.05) is 18.2 Å². The molecule has 1 atom stereocenters. The lowest BCUT2D eigenvalue weighted by molar-refractivity contribution is -0.138. The number of nitriles is 1. The number of benzene rings is 1. The molecule has 1 aromatic rings. The average Bonchev–Trinajstić information content (AvgIpc) is 3.31. The maximum atomic E-state index is 12.0. The highest BCUT2D eigenvalue weighted by Crippen LogP contribution is 2.19. The number of nitrogens with one attached hydrogen (secondary N) is 1. The standard InChI is InChI=1S/C16H19N3O2/c17-9-12-2-1-3-13(8-12)10-19-6-7-21-15(11-19)16(20)18-14-4-5-14/h1-3,8,14-15H,4-7,10-11H2,(H,18,20). The minimum atomic E-state index is -0.376. The molecular formula is C16H19N3O2. The van der Waals surface area contributed by atoms with Gasteiger partial charge in [0.15, 0.2) is 0 Å². The first-order valence-corrected chi connectivity index (χ1v) is 7.38. The van der Waals surface area contributed by atoms with E-state index in [0.717, 1.165) is 31.5 Å². The summed E-state index contributed by atoms with van der Waals surface area (Å²) < 4.78 is 5.58. The fourth-order valence-corrected chi connectivity index (χ4v) is 2.52. The summed E-state index contributed by atoms with van der Waals surface area (Å²) in [5.74, 6) is 0.00738. The normalized spacial score (nSPS) is 22.5. The molecular weight excluding hydrogens is 266 g/mol. The van der Waals surface area contributed by atoms with Crippen molar-refractivity contribution in [2.75, 3.05) is 19.7 Å². The second-order valence-electron chi connectivity index (χ2n) is 5.69. The van der Waals surface area contributed by atoms with Crippen molar-refractivity contribution in [1.29, 1.82) is 5.26 Å². The molecule has 1 aliphatic carbocycles. The van der Waals surface area contributed by atoms with Crippen LogP contribution >= 0.6 is 0 Å². The largest absolute Gasteiger partial charge is 0.366 e. The molecule has 0 bridgehead atoms. The van der Waals surface area contributed by atoms with Gasteiger partial charge in [0.1, 0.15) is 6.10 Å². The van der Waals surface area contributed by atoms with Gasteiger partial charge >= 0.3 is 0 Å². The molecule has 1 aromatic carbocycles. The minimum Gasteiger partial charge on any atom is -0.366 e. The number of carbonyl (C=O) groups is 1. The van der Waals surface area contributed by atoms with Gasteiger partial charge in [-0.25, -0.2) is 0 Å². The number of hydrogen-bond donors (Lipinski definition) is 1. The first-order valence-electron chi connectivity index (χ1n) is 7.38. The maximum absolute atomic E-state index is 12.0. The van der Waals surface area contributed by atoms with Crippen LogP contribution < -0.4 is 5.32 Å². The average molecular weight is 285 g/mol. The van der Waals surface area contributed by atoms with Crippen LogP contribution in [0.5, 0.6) is 0 Å². The zero-order valence-corrected chi connectivity index (χ0v) is 11.9. The molecule has 21 heavy (non-hydrogen) atoms. The SMILES string of the molecule is N#Cc1cccc(CN2CCOC(C(=O)NC3CC3)C2)c1. The summed E-state index contributed by atoms with van der Waals surface area (Å²) >= 11 is 0. The van der Waals surface area contributed by atoms with Crippen LogP contribution in [0.4, 0.5) is 0 Å². The summed E-state index contributed by atoms with van der Waals surface area (Å²) in [5, 5.41) is 11.9. The van der Waals surface area contributed by atoms with E-state index in [9.17, 15) is 4.79 Å². The van der Waals surface area contributed by atoms with Crippen LogP contribution in [0.3, 0.4) is 0 Å². The monoisotopic (exact) mass is 285 g/mol. The van der Waals surface area contributed by atoms with Crippen molar-refractivity contribution in [3.63, 3.8) is 0 Å².